The highest BCUT2D eigenvalue weighted by molar-refractivity contribution is 7.19. The lowest BCUT2D eigenvalue weighted by Gasteiger charge is -2.40. The largest absolute Gasteiger partial charge is 0.497 e. The van der Waals surface area contributed by atoms with Crippen LogP contribution in [0.1, 0.15) is 30.6 Å². The Kier molecular flexibility index (Phi) is 6.25. The molecule has 2 aromatic heterocycles. The van der Waals surface area contributed by atoms with E-state index in [1.54, 1.807) is 42.8 Å². The van der Waals surface area contributed by atoms with Crippen LogP contribution < -0.4 is 9.47 Å². The van der Waals surface area contributed by atoms with Crippen molar-refractivity contribution in [3.63, 3.8) is 0 Å². The normalized spacial score (nSPS) is 22.4. The van der Waals surface area contributed by atoms with Gasteiger partial charge < -0.3 is 29.0 Å². The second-order valence-corrected chi connectivity index (χ2v) is 10.9. The molecule has 6 rings (SSSR count). The zero-order chi connectivity index (χ0) is 26.4. The number of rotatable bonds is 7. The van der Waals surface area contributed by atoms with Crippen LogP contribution >= 0.6 is 11.3 Å². The first-order valence-electron chi connectivity index (χ1n) is 12.6. The first kappa shape index (κ1) is 24.7. The number of nitrogens with one attached hydrogen (secondary N) is 1. The molecule has 2 N–H and O–H groups in total. The van der Waals surface area contributed by atoms with E-state index >= 15 is 0 Å². The zero-order valence-electron chi connectivity index (χ0n) is 21.0. The number of methoxy groups -OCH3 is 1. The van der Waals surface area contributed by atoms with Crippen molar-refractivity contribution in [2.45, 2.75) is 43.8 Å². The summed E-state index contributed by atoms with van der Waals surface area (Å²) in [7, 11) is 1.67. The lowest BCUT2D eigenvalue weighted by molar-refractivity contribution is -0.319. The van der Waals surface area contributed by atoms with E-state index in [-0.39, 0.29) is 12.6 Å². The number of carbonyl (C=O) groups is 2. The molecule has 0 bridgehead atoms. The molecule has 2 aliphatic heterocycles. The summed E-state index contributed by atoms with van der Waals surface area (Å²) in [6.07, 6.45) is 2.11. The second kappa shape index (κ2) is 9.61. The van der Waals surface area contributed by atoms with Crippen LogP contribution in [0.25, 0.3) is 21.0 Å². The van der Waals surface area contributed by atoms with E-state index in [0.29, 0.717) is 23.6 Å². The maximum Gasteiger partial charge on any atom is 0.451 e. The number of esters is 2. The fraction of sp³-hybridized carbons (Fsp3) is 0.357. The number of hydrogen-bond acceptors (Lipinski definition) is 9. The summed E-state index contributed by atoms with van der Waals surface area (Å²) in [6, 6.07) is 15.6. The van der Waals surface area contributed by atoms with Crippen molar-refractivity contribution in [3.05, 3.63) is 59.6 Å². The third kappa shape index (κ3) is 4.38. The van der Waals surface area contributed by atoms with Gasteiger partial charge in [-0.25, -0.2) is 9.59 Å². The van der Waals surface area contributed by atoms with Gasteiger partial charge in [-0.3, -0.25) is 4.90 Å². The van der Waals surface area contributed by atoms with Crippen LogP contribution in [-0.4, -0.2) is 65.2 Å². The topological polar surface area (TPSA) is 110 Å². The van der Waals surface area contributed by atoms with Gasteiger partial charge in [-0.15, -0.1) is 11.3 Å². The Labute approximate surface area is 222 Å². The minimum atomic E-state index is -2.26. The summed E-state index contributed by atoms with van der Waals surface area (Å²) in [5.74, 6) is -3.10. The first-order valence-corrected chi connectivity index (χ1v) is 13.4. The fourth-order valence-electron chi connectivity index (χ4n) is 5.35. The number of ether oxygens (including phenoxy) is 4. The maximum atomic E-state index is 12.1. The molecule has 198 valence electrons. The first-order chi connectivity index (χ1) is 18.3. The van der Waals surface area contributed by atoms with Crippen molar-refractivity contribution in [2.24, 2.45) is 0 Å². The summed E-state index contributed by atoms with van der Waals surface area (Å²) in [4.78, 5) is 30.6. The minimum absolute atomic E-state index is 0.0984. The predicted octanol–water partition coefficient (Wildman–Crippen LogP) is 4.15. The van der Waals surface area contributed by atoms with Crippen LogP contribution in [0.5, 0.6) is 11.5 Å². The van der Waals surface area contributed by atoms with Crippen LogP contribution in [0.4, 0.5) is 0 Å². The summed E-state index contributed by atoms with van der Waals surface area (Å²) >= 11 is 1.79. The average molecular weight is 537 g/mol. The van der Waals surface area contributed by atoms with Gasteiger partial charge in [0.2, 0.25) is 0 Å². The quantitative estimate of drug-likeness (QED) is 0.268. The lowest BCUT2D eigenvalue weighted by Crippen LogP contribution is -2.56. The van der Waals surface area contributed by atoms with Crippen molar-refractivity contribution in [1.82, 2.24) is 9.88 Å². The number of aromatic amines is 1. The molecule has 4 aromatic rings. The number of carbonyl (C=O) groups excluding carboxylic acids is 2. The Morgan fingerprint density at radius 2 is 2.00 bits per heavy atom. The number of aromatic nitrogens is 1. The van der Waals surface area contributed by atoms with Crippen molar-refractivity contribution in [3.8, 4) is 11.5 Å². The van der Waals surface area contributed by atoms with E-state index in [0.717, 1.165) is 24.1 Å². The summed E-state index contributed by atoms with van der Waals surface area (Å²) in [6.45, 7) is 2.92. The number of likely N-dealkylation sites (tertiary alicyclic amines) is 1. The number of nitrogens with zero attached hydrogens (tertiary/aromatic N) is 1. The van der Waals surface area contributed by atoms with E-state index in [2.05, 4.69) is 35.0 Å². The van der Waals surface area contributed by atoms with Gasteiger partial charge in [0, 0.05) is 39.3 Å². The number of β-amino-alcohol motifs (C(OH)–C–C–N with tert-alkyl or cyclic N) is 1. The summed E-state index contributed by atoms with van der Waals surface area (Å²) in [5, 5.41) is 13.2. The second-order valence-electron chi connectivity index (χ2n) is 9.81. The molecule has 9 nitrogen and oxygen atoms in total. The van der Waals surface area contributed by atoms with E-state index < -0.39 is 24.0 Å². The number of aliphatic hydroxyl groups is 1. The molecule has 2 fully saturated rings. The van der Waals surface area contributed by atoms with Gasteiger partial charge in [0.1, 0.15) is 11.5 Å². The highest BCUT2D eigenvalue weighted by Crippen LogP contribution is 2.40. The number of aliphatic hydroxyl groups excluding tert-OH is 1. The molecule has 0 unspecified atom stereocenters. The molecule has 0 aliphatic carbocycles. The number of thiophene rings is 1. The standard InChI is InChI=1S/C28H28N2O7S/c1-16-12-18(23-13-17-6-7-19(34-2)14-24(17)38-23)9-11-30(16)15-25(31)28(36-26(32)27(33)37-28)35-22-5-3-4-21-20(22)8-10-29-21/h3-8,10,13-14,16,18,25,29,31H,9,11-12,15H2,1-2H3/t16-,18+,25+/m1/s1. The number of benzene rings is 2. The molecule has 0 radical (unpaired) electrons. The predicted molar refractivity (Wildman–Crippen MR) is 141 cm³/mol. The van der Waals surface area contributed by atoms with Gasteiger partial charge in [-0.2, -0.15) is 0 Å². The average Bonchev–Trinajstić information content (AvgIpc) is 3.63. The van der Waals surface area contributed by atoms with E-state index in [4.69, 9.17) is 18.9 Å². The van der Waals surface area contributed by atoms with Gasteiger partial charge in [0.15, 0.2) is 6.10 Å². The third-order valence-electron chi connectivity index (χ3n) is 7.42. The summed E-state index contributed by atoms with van der Waals surface area (Å²) < 4.78 is 23.0. The van der Waals surface area contributed by atoms with Gasteiger partial charge in [-0.05, 0) is 80.1 Å². The number of fused-ring (bicyclic) bond motifs is 2. The molecular weight excluding hydrogens is 508 g/mol. The van der Waals surface area contributed by atoms with Gasteiger partial charge in [-0.1, -0.05) is 6.07 Å². The fourth-order valence-corrected chi connectivity index (χ4v) is 6.59. The number of piperidine rings is 1. The zero-order valence-corrected chi connectivity index (χ0v) is 21.8. The highest BCUT2D eigenvalue weighted by Gasteiger charge is 2.58. The van der Waals surface area contributed by atoms with E-state index in [1.807, 2.05) is 12.1 Å². The Hall–Kier alpha value is -3.60. The van der Waals surface area contributed by atoms with Crippen LogP contribution in [0.15, 0.2) is 54.7 Å². The smallest absolute Gasteiger partial charge is 0.451 e. The Bertz CT molecular complexity index is 1500. The highest BCUT2D eigenvalue weighted by atomic mass is 32.1. The molecular formula is C28H28N2O7S. The molecule has 2 saturated heterocycles. The third-order valence-corrected chi connectivity index (χ3v) is 8.68. The van der Waals surface area contributed by atoms with Crippen LogP contribution in [0, 0.1) is 0 Å². The van der Waals surface area contributed by atoms with E-state index in [9.17, 15) is 14.7 Å². The SMILES string of the molecule is COc1ccc2cc([C@H]3CCN(C[C@H](O)C4(Oc5cccc6[nH]ccc56)OC(=O)C(=O)O4)[C@H](C)C3)sc2c1. The minimum Gasteiger partial charge on any atom is -0.497 e. The van der Waals surface area contributed by atoms with Gasteiger partial charge in [0.05, 0.1) is 7.11 Å². The molecule has 0 saturated carbocycles. The van der Waals surface area contributed by atoms with Crippen molar-refractivity contribution in [1.29, 1.82) is 0 Å². The Morgan fingerprint density at radius 1 is 1.18 bits per heavy atom. The van der Waals surface area contributed by atoms with Crippen LogP contribution in [0.2, 0.25) is 0 Å². The van der Waals surface area contributed by atoms with Gasteiger partial charge in [0.25, 0.3) is 0 Å². The maximum absolute atomic E-state index is 12.1. The number of hydrogen-bond donors (Lipinski definition) is 2. The summed E-state index contributed by atoms with van der Waals surface area (Å²) in [5.41, 5.74) is 0.790. The molecule has 0 spiro atoms. The van der Waals surface area contributed by atoms with Gasteiger partial charge >= 0.3 is 17.9 Å². The Morgan fingerprint density at radius 3 is 2.76 bits per heavy atom. The molecule has 2 aliphatic rings. The van der Waals surface area contributed by atoms with Crippen LogP contribution in [0.3, 0.4) is 0 Å². The Balaban J connectivity index is 1.18. The molecule has 0 amide bonds. The molecule has 10 heteroatoms. The van der Waals surface area contributed by atoms with Crippen molar-refractivity contribution >= 4 is 44.3 Å². The van der Waals surface area contributed by atoms with Crippen molar-refractivity contribution in [2.75, 3.05) is 20.2 Å². The monoisotopic (exact) mass is 536 g/mol. The lowest BCUT2D eigenvalue weighted by atomic mass is 9.90. The number of cyclic esters (lactones) is 2. The molecule has 38 heavy (non-hydrogen) atoms. The van der Waals surface area contributed by atoms with Crippen molar-refractivity contribution < 1.29 is 33.6 Å². The molecule has 2 aromatic carbocycles. The van der Waals surface area contributed by atoms with Crippen LogP contribution in [-0.2, 0) is 19.1 Å². The number of H-pyrrole nitrogens is 1. The molecule has 3 atom stereocenters. The molecule has 4 heterocycles. The van der Waals surface area contributed by atoms with E-state index in [1.165, 1.54) is 15.0 Å².